The average molecular weight is 809 g/mol. The van der Waals surface area contributed by atoms with Gasteiger partial charge in [-0.25, -0.2) is 19.6 Å². The molecule has 1 aliphatic carbocycles. The van der Waals surface area contributed by atoms with Crippen molar-refractivity contribution < 1.29 is 28.6 Å². The molecular weight excluding hydrogens is 749 g/mol. The third-order valence-corrected chi connectivity index (χ3v) is 11.1. The molecule has 1 aliphatic heterocycles. The summed E-state index contributed by atoms with van der Waals surface area (Å²) in [5.74, 6) is 2.10. The van der Waals surface area contributed by atoms with Crippen LogP contribution in [-0.4, -0.2) is 93.8 Å². The van der Waals surface area contributed by atoms with Gasteiger partial charge in [-0.2, -0.15) is 0 Å². The minimum atomic E-state index is -0.709. The Labute approximate surface area is 347 Å². The maximum absolute atomic E-state index is 13.7. The first-order valence-corrected chi connectivity index (χ1v) is 20.8. The van der Waals surface area contributed by atoms with E-state index in [1.54, 1.807) is 4.90 Å². The maximum atomic E-state index is 13.7. The lowest BCUT2D eigenvalue weighted by Crippen LogP contribution is -2.51. The van der Waals surface area contributed by atoms with E-state index in [0.29, 0.717) is 32.1 Å². The fourth-order valence-electron chi connectivity index (χ4n) is 8.10. The van der Waals surface area contributed by atoms with Crippen LogP contribution >= 0.6 is 0 Å². The van der Waals surface area contributed by atoms with E-state index in [9.17, 15) is 14.4 Å². The van der Waals surface area contributed by atoms with Crippen LogP contribution < -0.4 is 15.4 Å². The van der Waals surface area contributed by atoms with Crippen LogP contribution in [-0.2, 0) is 40.3 Å². The van der Waals surface area contributed by atoms with E-state index in [0.717, 1.165) is 94.3 Å². The molecule has 0 saturated carbocycles. The number of carbonyl (C=O) groups excluding carboxylic acids is 3. The van der Waals surface area contributed by atoms with E-state index < -0.39 is 18.2 Å². The summed E-state index contributed by atoms with van der Waals surface area (Å²) in [5, 5.41) is 5.67. The molecule has 2 aromatic carbocycles. The van der Waals surface area contributed by atoms with Crippen molar-refractivity contribution in [3.63, 3.8) is 0 Å². The lowest BCUT2D eigenvalue weighted by molar-refractivity contribution is -0.135. The van der Waals surface area contributed by atoms with Crippen molar-refractivity contribution in [2.45, 2.75) is 105 Å². The number of rotatable bonds is 16. The van der Waals surface area contributed by atoms with Crippen molar-refractivity contribution in [2.24, 2.45) is 5.92 Å². The third kappa shape index (κ3) is 9.81. The zero-order chi connectivity index (χ0) is 42.4. The molecule has 6 rings (SSSR count). The van der Waals surface area contributed by atoms with Crippen molar-refractivity contribution in [1.82, 2.24) is 40.4 Å². The highest BCUT2D eigenvalue weighted by atomic mass is 16.5. The molecule has 0 radical (unpaired) electrons. The van der Waals surface area contributed by atoms with Crippen molar-refractivity contribution >= 4 is 18.1 Å². The molecule has 3 atom stereocenters. The van der Waals surface area contributed by atoms with Crippen molar-refractivity contribution in [3.05, 3.63) is 76.6 Å². The Morgan fingerprint density at radius 2 is 1.66 bits per heavy atom. The average Bonchev–Trinajstić information content (AvgIpc) is 3.88. The Kier molecular flexibility index (Phi) is 13.8. The smallest absolute Gasteiger partial charge is 0.407 e. The van der Waals surface area contributed by atoms with Crippen LogP contribution in [0.4, 0.5) is 9.59 Å². The van der Waals surface area contributed by atoms with Gasteiger partial charge in [0.25, 0.3) is 0 Å². The molecule has 3 amide bonds. The van der Waals surface area contributed by atoms with Crippen LogP contribution in [0.25, 0.3) is 33.6 Å². The van der Waals surface area contributed by atoms with Crippen molar-refractivity contribution in [3.8, 4) is 39.4 Å². The molecule has 3 unspecified atom stereocenters. The second-order valence-corrected chi connectivity index (χ2v) is 16.1. The molecular formula is C45H60N8O6. The summed E-state index contributed by atoms with van der Waals surface area (Å²) in [4.78, 5) is 58.9. The quantitative estimate of drug-likeness (QED) is 0.0830. The Morgan fingerprint density at radius 1 is 0.915 bits per heavy atom. The fourth-order valence-corrected chi connectivity index (χ4v) is 8.10. The molecule has 0 saturated heterocycles. The van der Waals surface area contributed by atoms with Gasteiger partial charge >= 0.3 is 12.2 Å². The number of H-pyrrole nitrogens is 2. The molecule has 59 heavy (non-hydrogen) atoms. The Morgan fingerprint density at radius 3 is 2.36 bits per heavy atom. The lowest BCUT2D eigenvalue weighted by Gasteiger charge is -2.30. The highest BCUT2D eigenvalue weighted by molar-refractivity contribution is 5.86. The topological polar surface area (TPSA) is 167 Å². The van der Waals surface area contributed by atoms with E-state index in [2.05, 4.69) is 75.8 Å². The molecule has 2 aliphatic rings. The Balaban J connectivity index is 1.20. The monoisotopic (exact) mass is 808 g/mol. The standard InChI is InChI=1S/C45H60N8O6/c1-10-16-52(23-32(18-26(3)4)47-44(55)57-8)28(7)42-46-22-37(49-42)30-12-14-33-31(19-30)25-59-38-21-34-29(20-35(33)38)13-15-36-41(34)50-39(48-36)24-53(17-11-2)43(54)40(27(5)6)51-45(56)58-9/h12,14,18-22,27-28,32,40H,10-11,13,15-17,23-25H2,1-9H3,(H,46,49)(H,47,55)(H,48,50)(H,51,56). The summed E-state index contributed by atoms with van der Waals surface area (Å²) in [6, 6.07) is 9.91. The second-order valence-electron chi connectivity index (χ2n) is 16.1. The largest absolute Gasteiger partial charge is 0.488 e. The number of carbonyl (C=O) groups is 3. The van der Waals surface area contributed by atoms with Crippen LogP contribution in [0, 0.1) is 5.92 Å². The number of fused-ring (bicyclic) bond motifs is 6. The van der Waals surface area contributed by atoms with Crippen molar-refractivity contribution in [1.29, 1.82) is 0 Å². The molecule has 4 aromatic rings. The van der Waals surface area contributed by atoms with Gasteiger partial charge < -0.3 is 39.7 Å². The molecule has 4 N–H and O–H groups in total. The number of allylic oxidation sites excluding steroid dienone is 1. The van der Waals surface area contributed by atoms with E-state index in [-0.39, 0.29) is 23.9 Å². The number of aryl methyl sites for hydroxylation is 2. The summed E-state index contributed by atoms with van der Waals surface area (Å²) in [5.41, 5.74) is 10.6. The van der Waals surface area contributed by atoms with E-state index in [1.165, 1.54) is 19.8 Å². The zero-order valence-corrected chi connectivity index (χ0v) is 36.0. The normalized spacial score (nSPS) is 14.2. The molecule has 0 spiro atoms. The summed E-state index contributed by atoms with van der Waals surface area (Å²) in [6.45, 7) is 16.9. The number of aromatic nitrogens is 4. The third-order valence-electron chi connectivity index (χ3n) is 11.1. The number of imidazole rings is 2. The molecule has 316 valence electrons. The van der Waals surface area contributed by atoms with Crippen molar-refractivity contribution in [2.75, 3.05) is 33.9 Å². The zero-order valence-electron chi connectivity index (χ0n) is 36.0. The van der Waals surface area contributed by atoms with Gasteiger partial charge in [0, 0.05) is 29.9 Å². The van der Waals surface area contributed by atoms with Gasteiger partial charge in [0.2, 0.25) is 5.91 Å². The van der Waals surface area contributed by atoms with Crippen LogP contribution in [0.5, 0.6) is 5.75 Å². The van der Waals surface area contributed by atoms with Gasteiger partial charge in [0.1, 0.15) is 30.0 Å². The maximum Gasteiger partial charge on any atom is 0.407 e. The summed E-state index contributed by atoms with van der Waals surface area (Å²) in [6.07, 6.45) is 6.23. The molecule has 14 heteroatoms. The number of hydrogen-bond donors (Lipinski definition) is 4. The number of alkyl carbamates (subject to hydrolysis) is 2. The minimum Gasteiger partial charge on any atom is -0.488 e. The highest BCUT2D eigenvalue weighted by Gasteiger charge is 2.31. The number of methoxy groups -OCH3 is 2. The van der Waals surface area contributed by atoms with Gasteiger partial charge in [-0.3, -0.25) is 9.69 Å². The van der Waals surface area contributed by atoms with E-state index in [1.807, 2.05) is 40.8 Å². The predicted octanol–water partition coefficient (Wildman–Crippen LogP) is 7.71. The van der Waals surface area contributed by atoms with Crippen LogP contribution in [0.2, 0.25) is 0 Å². The first kappa shape index (κ1) is 43.0. The summed E-state index contributed by atoms with van der Waals surface area (Å²) >= 11 is 0. The first-order valence-electron chi connectivity index (χ1n) is 20.8. The van der Waals surface area contributed by atoms with Crippen LogP contribution in [0.15, 0.2) is 48.2 Å². The molecule has 3 heterocycles. The number of ether oxygens (including phenoxy) is 3. The number of aromatic amines is 2. The fraction of sp³-hybridized carbons (Fsp3) is 0.489. The van der Waals surface area contributed by atoms with Gasteiger partial charge in [-0.05, 0) is 99.4 Å². The Hall–Kier alpha value is -5.63. The molecule has 0 fully saturated rings. The first-order chi connectivity index (χ1) is 28.3. The van der Waals surface area contributed by atoms with Gasteiger partial charge in [-0.1, -0.05) is 51.5 Å². The lowest BCUT2D eigenvalue weighted by atomic mass is 9.86. The van der Waals surface area contributed by atoms with Crippen LogP contribution in [0.3, 0.4) is 0 Å². The van der Waals surface area contributed by atoms with Gasteiger partial charge in [0.05, 0.1) is 50.4 Å². The van der Waals surface area contributed by atoms with Crippen LogP contribution in [0.1, 0.15) is 95.8 Å². The number of nitrogens with zero attached hydrogens (tertiary/aromatic N) is 4. The summed E-state index contributed by atoms with van der Waals surface area (Å²) < 4.78 is 16.1. The predicted molar refractivity (Wildman–Crippen MR) is 228 cm³/mol. The molecule has 2 aromatic heterocycles. The van der Waals surface area contributed by atoms with E-state index >= 15 is 0 Å². The second kappa shape index (κ2) is 19.0. The number of hydrogen-bond acceptors (Lipinski definition) is 9. The van der Waals surface area contributed by atoms with Gasteiger partial charge in [-0.15, -0.1) is 0 Å². The SMILES string of the molecule is CCCN(Cc1nc2c([nH]1)CCc1cc3c(cc1-2)OCc1cc(-c2cnc(C(C)N(CCC)CC(C=C(C)C)NC(=O)OC)[nH]2)ccc1-3)C(=O)C(NC(=O)OC)C(C)C. The number of benzene rings is 2. The van der Waals surface area contributed by atoms with E-state index in [4.69, 9.17) is 24.2 Å². The number of nitrogens with one attached hydrogen (secondary N) is 4. The minimum absolute atomic E-state index is 0.0216. The Bertz CT molecular complexity index is 2170. The number of amides is 3. The van der Waals surface area contributed by atoms with Gasteiger partial charge in [0.15, 0.2) is 0 Å². The summed E-state index contributed by atoms with van der Waals surface area (Å²) in [7, 11) is 2.67. The molecule has 14 nitrogen and oxygen atoms in total. The molecule has 0 bridgehead atoms. The highest BCUT2D eigenvalue weighted by Crippen LogP contribution is 2.44.